The fraction of sp³-hybridized carbons (Fsp3) is 0.611. The second-order valence-electron chi connectivity index (χ2n) is 6.48. The molecule has 1 aliphatic heterocycles. The van der Waals surface area contributed by atoms with E-state index in [4.69, 9.17) is 5.73 Å². The Morgan fingerprint density at radius 3 is 2.37 bits per heavy atom. The van der Waals surface area contributed by atoms with Gasteiger partial charge in [0, 0.05) is 39.3 Å². The number of halogens is 4. The molecule has 1 fully saturated rings. The van der Waals surface area contributed by atoms with E-state index in [1.54, 1.807) is 4.90 Å². The van der Waals surface area contributed by atoms with Gasteiger partial charge >= 0.3 is 6.18 Å². The fourth-order valence-corrected chi connectivity index (χ4v) is 2.96. The molecule has 0 radical (unpaired) electrons. The molecule has 1 amide bonds. The van der Waals surface area contributed by atoms with Crippen molar-refractivity contribution < 1.29 is 22.7 Å². The monoisotopic (exact) mass is 409 g/mol. The summed E-state index contributed by atoms with van der Waals surface area (Å²) in [7, 11) is 0. The molecule has 0 saturated carbocycles. The highest BCUT2D eigenvalue weighted by Gasteiger charge is 2.27. The van der Waals surface area contributed by atoms with E-state index in [9.17, 15) is 18.0 Å². The Bertz CT molecular complexity index is 553. The first-order valence-corrected chi connectivity index (χ1v) is 8.80. The van der Waals surface area contributed by atoms with E-state index in [2.05, 4.69) is 9.64 Å². The van der Waals surface area contributed by atoms with Gasteiger partial charge in [-0.3, -0.25) is 9.69 Å². The highest BCUT2D eigenvalue weighted by Crippen LogP contribution is 2.14. The number of carbonyl (C=O) groups is 1. The van der Waals surface area contributed by atoms with Crippen molar-refractivity contribution in [2.45, 2.75) is 25.1 Å². The zero-order chi connectivity index (χ0) is 19.0. The number of piperazine rings is 1. The summed E-state index contributed by atoms with van der Waals surface area (Å²) < 4.78 is 40.5. The molecule has 27 heavy (non-hydrogen) atoms. The standard InChI is InChI=1S/C18H26F3N3O2.ClH/c19-18(20,21)14-26-12-4-7-23-8-10-24(11-9-23)17(25)16(22)13-15-5-2-1-3-6-15;/h1-3,5-6,16H,4,7-14,22H2;1H/t16-;/m0./s1. The lowest BCUT2D eigenvalue weighted by Gasteiger charge is -2.36. The SMILES string of the molecule is Cl.N[C@@H](Cc1ccccc1)C(=O)N1CCN(CCCOCC(F)(F)F)CC1. The van der Waals surface area contributed by atoms with Crippen molar-refractivity contribution in [1.82, 2.24) is 9.80 Å². The Hall–Kier alpha value is -1.35. The molecule has 5 nitrogen and oxygen atoms in total. The fourth-order valence-electron chi connectivity index (χ4n) is 2.96. The van der Waals surface area contributed by atoms with Crippen molar-refractivity contribution in [2.75, 3.05) is 45.9 Å². The third kappa shape index (κ3) is 8.92. The van der Waals surface area contributed by atoms with Crippen LogP contribution in [0.15, 0.2) is 30.3 Å². The first-order valence-electron chi connectivity index (χ1n) is 8.80. The van der Waals surface area contributed by atoms with Gasteiger partial charge in [-0.25, -0.2) is 0 Å². The van der Waals surface area contributed by atoms with Crippen molar-refractivity contribution >= 4 is 18.3 Å². The number of benzene rings is 1. The molecular weight excluding hydrogens is 383 g/mol. The van der Waals surface area contributed by atoms with Crippen LogP contribution < -0.4 is 5.73 Å². The van der Waals surface area contributed by atoms with Gasteiger partial charge in [0.15, 0.2) is 0 Å². The van der Waals surface area contributed by atoms with Gasteiger partial charge in [0.2, 0.25) is 5.91 Å². The molecule has 0 unspecified atom stereocenters. The first-order chi connectivity index (χ1) is 12.3. The summed E-state index contributed by atoms with van der Waals surface area (Å²) in [6.07, 6.45) is -3.22. The largest absolute Gasteiger partial charge is 0.411 e. The van der Waals surface area contributed by atoms with Gasteiger partial charge in [-0.15, -0.1) is 12.4 Å². The number of hydrogen-bond donors (Lipinski definition) is 1. The second kappa shape index (κ2) is 11.5. The number of alkyl halides is 3. The molecule has 2 rings (SSSR count). The van der Waals surface area contributed by atoms with Crippen LogP contribution in [-0.4, -0.2) is 73.9 Å². The van der Waals surface area contributed by atoms with Crippen LogP contribution in [0.1, 0.15) is 12.0 Å². The highest BCUT2D eigenvalue weighted by molar-refractivity contribution is 5.85. The predicted molar refractivity (Wildman–Crippen MR) is 99.9 cm³/mol. The van der Waals surface area contributed by atoms with E-state index in [0.717, 1.165) is 5.56 Å². The molecule has 0 bridgehead atoms. The Morgan fingerprint density at radius 1 is 1.15 bits per heavy atom. The minimum atomic E-state index is -4.27. The van der Waals surface area contributed by atoms with Crippen LogP contribution >= 0.6 is 12.4 Å². The maximum absolute atomic E-state index is 12.5. The minimum absolute atomic E-state index is 0. The molecule has 0 aliphatic carbocycles. The average Bonchev–Trinajstić information content (AvgIpc) is 2.61. The topological polar surface area (TPSA) is 58.8 Å². The van der Waals surface area contributed by atoms with Crippen LogP contribution in [-0.2, 0) is 16.0 Å². The Morgan fingerprint density at radius 2 is 1.78 bits per heavy atom. The van der Waals surface area contributed by atoms with E-state index < -0.39 is 18.8 Å². The Kier molecular flexibility index (Phi) is 10.1. The van der Waals surface area contributed by atoms with Crippen molar-refractivity contribution in [1.29, 1.82) is 0 Å². The minimum Gasteiger partial charge on any atom is -0.372 e. The third-order valence-electron chi connectivity index (χ3n) is 4.33. The number of nitrogens with zero attached hydrogens (tertiary/aromatic N) is 2. The van der Waals surface area contributed by atoms with Crippen LogP contribution in [0.2, 0.25) is 0 Å². The van der Waals surface area contributed by atoms with Gasteiger partial charge < -0.3 is 15.4 Å². The lowest BCUT2D eigenvalue weighted by molar-refractivity contribution is -0.174. The maximum Gasteiger partial charge on any atom is 0.411 e. The van der Waals surface area contributed by atoms with E-state index >= 15 is 0 Å². The van der Waals surface area contributed by atoms with Crippen LogP contribution in [0.4, 0.5) is 13.2 Å². The van der Waals surface area contributed by atoms with Gasteiger partial charge in [-0.2, -0.15) is 13.2 Å². The Labute approximate surface area is 164 Å². The molecule has 1 aromatic carbocycles. The van der Waals surface area contributed by atoms with Crippen molar-refractivity contribution in [3.8, 4) is 0 Å². The van der Waals surface area contributed by atoms with Gasteiger partial charge in [0.25, 0.3) is 0 Å². The molecule has 1 saturated heterocycles. The van der Waals surface area contributed by atoms with Crippen LogP contribution in [0.25, 0.3) is 0 Å². The third-order valence-corrected chi connectivity index (χ3v) is 4.33. The number of rotatable bonds is 8. The number of amides is 1. The lowest BCUT2D eigenvalue weighted by atomic mass is 10.1. The smallest absolute Gasteiger partial charge is 0.372 e. The van der Waals surface area contributed by atoms with Gasteiger partial charge in [0.05, 0.1) is 6.04 Å². The summed E-state index contributed by atoms with van der Waals surface area (Å²) in [5.41, 5.74) is 7.08. The second-order valence-corrected chi connectivity index (χ2v) is 6.48. The molecule has 2 N–H and O–H groups in total. The molecule has 1 heterocycles. The Balaban J connectivity index is 0.00000364. The molecule has 9 heteroatoms. The molecule has 154 valence electrons. The van der Waals surface area contributed by atoms with Crippen LogP contribution in [0, 0.1) is 0 Å². The number of ether oxygens (including phenoxy) is 1. The highest BCUT2D eigenvalue weighted by atomic mass is 35.5. The molecule has 0 spiro atoms. The van der Waals surface area contributed by atoms with Crippen LogP contribution in [0.5, 0.6) is 0 Å². The maximum atomic E-state index is 12.5. The van der Waals surface area contributed by atoms with Gasteiger partial charge in [0.1, 0.15) is 6.61 Å². The lowest BCUT2D eigenvalue weighted by Crippen LogP contribution is -2.53. The first kappa shape index (κ1) is 23.7. The van der Waals surface area contributed by atoms with E-state index in [-0.39, 0.29) is 24.9 Å². The summed E-state index contributed by atoms with van der Waals surface area (Å²) in [5.74, 6) is -0.0537. The predicted octanol–water partition coefficient (Wildman–Crippen LogP) is 2.09. The van der Waals surface area contributed by atoms with Crippen LogP contribution in [0.3, 0.4) is 0 Å². The van der Waals surface area contributed by atoms with E-state index in [1.807, 2.05) is 30.3 Å². The summed E-state index contributed by atoms with van der Waals surface area (Å²) in [4.78, 5) is 16.4. The van der Waals surface area contributed by atoms with E-state index in [1.165, 1.54) is 0 Å². The molecule has 1 aromatic rings. The van der Waals surface area contributed by atoms with Crippen molar-refractivity contribution in [3.63, 3.8) is 0 Å². The summed E-state index contributed by atoms with van der Waals surface area (Å²) >= 11 is 0. The number of hydrogen-bond acceptors (Lipinski definition) is 4. The summed E-state index contributed by atoms with van der Waals surface area (Å²) in [6, 6.07) is 9.11. The van der Waals surface area contributed by atoms with Gasteiger partial charge in [-0.1, -0.05) is 30.3 Å². The molecular formula is C18H27ClF3N3O2. The molecule has 1 atom stereocenters. The number of nitrogens with two attached hydrogens (primary N) is 1. The average molecular weight is 410 g/mol. The summed E-state index contributed by atoms with van der Waals surface area (Å²) in [5, 5.41) is 0. The molecule has 1 aliphatic rings. The van der Waals surface area contributed by atoms with Crippen molar-refractivity contribution in [3.05, 3.63) is 35.9 Å². The molecule has 0 aromatic heterocycles. The zero-order valence-electron chi connectivity index (χ0n) is 15.2. The number of carbonyl (C=O) groups excluding carboxylic acids is 1. The normalized spacial score (nSPS) is 16.7. The van der Waals surface area contributed by atoms with E-state index in [0.29, 0.717) is 45.6 Å². The van der Waals surface area contributed by atoms with Crippen molar-refractivity contribution in [2.24, 2.45) is 5.73 Å². The summed E-state index contributed by atoms with van der Waals surface area (Å²) in [6.45, 7) is 2.12. The quantitative estimate of drug-likeness (QED) is 0.668. The van der Waals surface area contributed by atoms with Gasteiger partial charge in [-0.05, 0) is 18.4 Å². The zero-order valence-corrected chi connectivity index (χ0v) is 16.0.